The van der Waals surface area contributed by atoms with Crippen LogP contribution in [0.25, 0.3) is 11.1 Å². The van der Waals surface area contributed by atoms with E-state index in [0.717, 1.165) is 47.3 Å². The molecule has 4 rings (SSSR count). The molecule has 1 aliphatic carbocycles. The Morgan fingerprint density at radius 2 is 1.43 bits per heavy atom. The van der Waals surface area contributed by atoms with Gasteiger partial charge in [0.15, 0.2) is 0 Å². The van der Waals surface area contributed by atoms with Gasteiger partial charge < -0.3 is 4.74 Å². The number of nitrogens with zero attached hydrogens (tertiary/aromatic N) is 1. The van der Waals surface area contributed by atoms with Crippen LogP contribution >= 0.6 is 0 Å². The van der Waals surface area contributed by atoms with E-state index >= 15 is 0 Å². The zero-order valence-electron chi connectivity index (χ0n) is 15.7. The predicted molar refractivity (Wildman–Crippen MR) is 104 cm³/mol. The quantitative estimate of drug-likeness (QED) is 0.590. The highest BCUT2D eigenvalue weighted by atomic mass is 16.5. The van der Waals surface area contributed by atoms with Gasteiger partial charge in [0.05, 0.1) is 11.8 Å². The van der Waals surface area contributed by atoms with Gasteiger partial charge in [0.1, 0.15) is 13.2 Å². The molecule has 0 spiro atoms. The monoisotopic (exact) mass is 377 g/mol. The van der Waals surface area contributed by atoms with Crippen molar-refractivity contribution in [2.45, 2.75) is 32.3 Å². The van der Waals surface area contributed by atoms with Gasteiger partial charge >= 0.3 is 5.97 Å². The van der Waals surface area contributed by atoms with Crippen LogP contribution in [0.2, 0.25) is 0 Å². The SMILES string of the molecule is O=C(CN1C(=O)[C@H]2CCCC[C@H]2C1=O)OCc1ccc(-c2ccccc2)cc1. The fraction of sp³-hybridized carbons (Fsp3) is 0.348. The largest absolute Gasteiger partial charge is 0.459 e. The molecule has 0 radical (unpaired) electrons. The van der Waals surface area contributed by atoms with Gasteiger partial charge in [-0.1, -0.05) is 67.4 Å². The fourth-order valence-electron chi connectivity index (χ4n) is 4.15. The van der Waals surface area contributed by atoms with E-state index in [4.69, 9.17) is 4.74 Å². The number of carbonyl (C=O) groups excluding carboxylic acids is 3. The van der Waals surface area contributed by atoms with Crippen molar-refractivity contribution in [3.63, 3.8) is 0 Å². The molecule has 0 bridgehead atoms. The van der Waals surface area contributed by atoms with Crippen molar-refractivity contribution in [3.8, 4) is 11.1 Å². The summed E-state index contributed by atoms with van der Waals surface area (Å²) < 4.78 is 5.30. The number of hydrogen-bond donors (Lipinski definition) is 0. The van der Waals surface area contributed by atoms with Gasteiger partial charge in [-0.05, 0) is 29.5 Å². The number of hydrogen-bond acceptors (Lipinski definition) is 4. The lowest BCUT2D eigenvalue weighted by molar-refractivity contribution is -0.153. The Labute approximate surface area is 164 Å². The van der Waals surface area contributed by atoms with Crippen molar-refractivity contribution in [2.24, 2.45) is 11.8 Å². The van der Waals surface area contributed by atoms with Crippen molar-refractivity contribution in [3.05, 3.63) is 60.2 Å². The maximum Gasteiger partial charge on any atom is 0.326 e. The Bertz CT molecular complexity index is 851. The number of carbonyl (C=O) groups is 3. The lowest BCUT2D eigenvalue weighted by atomic mass is 9.81. The molecule has 144 valence electrons. The maximum absolute atomic E-state index is 12.4. The first-order valence-electron chi connectivity index (χ1n) is 9.78. The second-order valence-corrected chi connectivity index (χ2v) is 7.48. The van der Waals surface area contributed by atoms with E-state index in [1.165, 1.54) is 0 Å². The van der Waals surface area contributed by atoms with Gasteiger partial charge in [-0.25, -0.2) is 0 Å². The maximum atomic E-state index is 12.4. The number of amides is 2. The van der Waals surface area contributed by atoms with Crippen LogP contribution in [0.15, 0.2) is 54.6 Å². The molecule has 1 saturated carbocycles. The third-order valence-corrected chi connectivity index (χ3v) is 5.68. The second-order valence-electron chi connectivity index (χ2n) is 7.48. The lowest BCUT2D eigenvalue weighted by Gasteiger charge is -2.19. The minimum absolute atomic E-state index is 0.122. The Kier molecular flexibility index (Phi) is 5.24. The minimum Gasteiger partial charge on any atom is -0.459 e. The molecule has 2 amide bonds. The molecule has 1 aliphatic heterocycles. The van der Waals surface area contributed by atoms with Crippen LogP contribution in [0.1, 0.15) is 31.2 Å². The van der Waals surface area contributed by atoms with E-state index in [1.807, 2.05) is 54.6 Å². The number of likely N-dealkylation sites (tertiary alicyclic amines) is 1. The summed E-state index contributed by atoms with van der Waals surface area (Å²) in [5.74, 6) is -1.44. The summed E-state index contributed by atoms with van der Waals surface area (Å²) >= 11 is 0. The highest BCUT2D eigenvalue weighted by molar-refractivity contribution is 6.07. The van der Waals surface area contributed by atoms with Gasteiger partial charge in [-0.15, -0.1) is 0 Å². The smallest absolute Gasteiger partial charge is 0.326 e. The number of imide groups is 1. The summed E-state index contributed by atoms with van der Waals surface area (Å²) in [4.78, 5) is 38.1. The Balaban J connectivity index is 1.32. The molecule has 5 nitrogen and oxygen atoms in total. The van der Waals surface area contributed by atoms with E-state index in [1.54, 1.807) is 0 Å². The van der Waals surface area contributed by atoms with Crippen LogP contribution in [-0.4, -0.2) is 29.2 Å². The van der Waals surface area contributed by atoms with Crippen molar-refractivity contribution in [1.82, 2.24) is 4.90 Å². The van der Waals surface area contributed by atoms with Crippen molar-refractivity contribution >= 4 is 17.8 Å². The third kappa shape index (κ3) is 3.70. The standard InChI is InChI=1S/C23H23NO4/c25-21(14-24-22(26)19-8-4-5-9-20(19)23(24)27)28-15-16-10-12-18(13-11-16)17-6-2-1-3-7-17/h1-3,6-7,10-13,19-20H,4-5,8-9,14-15H2/t19-,20+. The van der Waals surface area contributed by atoms with Gasteiger partial charge in [0.25, 0.3) is 0 Å². The van der Waals surface area contributed by atoms with Crippen LogP contribution in [-0.2, 0) is 25.7 Å². The van der Waals surface area contributed by atoms with Crippen LogP contribution in [0.4, 0.5) is 0 Å². The topological polar surface area (TPSA) is 63.7 Å². The molecule has 5 heteroatoms. The molecule has 2 aromatic rings. The third-order valence-electron chi connectivity index (χ3n) is 5.68. The van der Waals surface area contributed by atoms with Crippen LogP contribution in [0.5, 0.6) is 0 Å². The number of benzene rings is 2. The molecule has 1 saturated heterocycles. The molecule has 2 aromatic carbocycles. The molecule has 2 fully saturated rings. The van der Waals surface area contributed by atoms with Gasteiger partial charge in [-0.2, -0.15) is 0 Å². The molecule has 2 aliphatic rings. The number of fused-ring (bicyclic) bond motifs is 1. The van der Waals surface area contributed by atoms with Crippen LogP contribution in [0, 0.1) is 11.8 Å². The first-order valence-corrected chi connectivity index (χ1v) is 9.78. The molecule has 1 heterocycles. The number of esters is 1. The molecule has 28 heavy (non-hydrogen) atoms. The lowest BCUT2D eigenvalue weighted by Crippen LogP contribution is -2.36. The minimum atomic E-state index is -0.549. The summed E-state index contributed by atoms with van der Waals surface area (Å²) in [6.07, 6.45) is 3.43. The molecular weight excluding hydrogens is 354 g/mol. The van der Waals surface area contributed by atoms with E-state index in [9.17, 15) is 14.4 Å². The highest BCUT2D eigenvalue weighted by Gasteiger charge is 2.48. The average Bonchev–Trinajstić information content (AvgIpc) is 2.98. The molecule has 0 aromatic heterocycles. The molecule has 2 atom stereocenters. The second kappa shape index (κ2) is 7.97. The molecular formula is C23H23NO4. The first kappa shape index (κ1) is 18.4. The van der Waals surface area contributed by atoms with Crippen molar-refractivity contribution < 1.29 is 19.1 Å². The summed E-state index contributed by atoms with van der Waals surface area (Å²) in [6, 6.07) is 17.8. The summed E-state index contributed by atoms with van der Waals surface area (Å²) in [6.45, 7) is -0.163. The zero-order chi connectivity index (χ0) is 19.5. The molecule has 0 N–H and O–H groups in total. The fourth-order valence-corrected chi connectivity index (χ4v) is 4.15. The van der Waals surface area contributed by atoms with E-state index < -0.39 is 5.97 Å². The van der Waals surface area contributed by atoms with E-state index in [-0.39, 0.29) is 36.8 Å². The van der Waals surface area contributed by atoms with Crippen LogP contribution < -0.4 is 0 Å². The average molecular weight is 377 g/mol. The summed E-state index contributed by atoms with van der Waals surface area (Å²) in [7, 11) is 0. The zero-order valence-corrected chi connectivity index (χ0v) is 15.7. The Hall–Kier alpha value is -2.95. The molecule has 0 unspecified atom stereocenters. The van der Waals surface area contributed by atoms with Crippen LogP contribution in [0.3, 0.4) is 0 Å². The van der Waals surface area contributed by atoms with E-state index in [2.05, 4.69) is 0 Å². The van der Waals surface area contributed by atoms with Gasteiger partial charge in [0, 0.05) is 0 Å². The van der Waals surface area contributed by atoms with E-state index in [0.29, 0.717) is 0 Å². The van der Waals surface area contributed by atoms with Crippen molar-refractivity contribution in [1.29, 1.82) is 0 Å². The number of ether oxygens (including phenoxy) is 1. The Morgan fingerprint density at radius 1 is 0.857 bits per heavy atom. The summed E-state index contributed by atoms with van der Waals surface area (Å²) in [5.41, 5.74) is 3.07. The normalized spacial score (nSPS) is 21.5. The van der Waals surface area contributed by atoms with Gasteiger partial charge in [0.2, 0.25) is 11.8 Å². The number of rotatable bonds is 5. The Morgan fingerprint density at radius 3 is 2.04 bits per heavy atom. The summed E-state index contributed by atoms with van der Waals surface area (Å²) in [5, 5.41) is 0. The highest BCUT2D eigenvalue weighted by Crippen LogP contribution is 2.37. The van der Waals surface area contributed by atoms with Gasteiger partial charge in [-0.3, -0.25) is 19.3 Å². The first-order chi connectivity index (χ1) is 13.6. The van der Waals surface area contributed by atoms with Crippen molar-refractivity contribution in [2.75, 3.05) is 6.54 Å². The predicted octanol–water partition coefficient (Wildman–Crippen LogP) is 3.57.